The Kier molecular flexibility index (Phi) is 10.5. The molecule has 0 spiro atoms. The highest BCUT2D eigenvalue weighted by atomic mass is 35.5. The van der Waals surface area contributed by atoms with Crippen LogP contribution in [0, 0.1) is 23.4 Å². The Hall–Kier alpha value is -3.75. The van der Waals surface area contributed by atoms with Crippen LogP contribution in [0.5, 0.6) is 0 Å². The summed E-state index contributed by atoms with van der Waals surface area (Å²) in [6, 6.07) is 7.25. The fourth-order valence-electron chi connectivity index (χ4n) is 4.79. The molecule has 48 heavy (non-hydrogen) atoms. The van der Waals surface area contributed by atoms with Crippen molar-refractivity contribution < 1.29 is 49.9 Å². The van der Waals surface area contributed by atoms with Crippen LogP contribution in [0.2, 0.25) is 5.02 Å². The molecule has 0 saturated heterocycles. The molecular weight excluding hydrogens is 718 g/mol. The molecule has 0 bridgehead atoms. The van der Waals surface area contributed by atoms with Crippen LogP contribution in [0.15, 0.2) is 48.5 Å². The monoisotopic (exact) mass is 741 g/mol. The van der Waals surface area contributed by atoms with E-state index in [1.165, 1.54) is 32.9 Å². The molecule has 1 saturated carbocycles. The number of alkyl halides is 6. The molecule has 2 N–H and O–H groups in total. The normalized spacial score (nSPS) is 17.0. The van der Waals surface area contributed by atoms with Crippen LogP contribution in [0.4, 0.5) is 52.6 Å². The van der Waals surface area contributed by atoms with Crippen molar-refractivity contribution in [2.45, 2.75) is 42.8 Å². The van der Waals surface area contributed by atoms with E-state index in [1.54, 1.807) is 0 Å². The van der Waals surface area contributed by atoms with Gasteiger partial charge in [0.25, 0.3) is 5.91 Å². The van der Waals surface area contributed by atoms with Crippen LogP contribution in [0.1, 0.15) is 48.2 Å². The number of hydrogen-bond donors (Lipinski definition) is 2. The van der Waals surface area contributed by atoms with E-state index < -0.39 is 93.5 Å². The Morgan fingerprint density at radius 1 is 0.938 bits per heavy atom. The van der Waals surface area contributed by atoms with Crippen molar-refractivity contribution in [3.63, 3.8) is 0 Å². The molecule has 1 fully saturated rings. The number of ether oxygens (including phenoxy) is 1. The molecule has 1 aliphatic carbocycles. The summed E-state index contributed by atoms with van der Waals surface area (Å²) in [7, 11) is 0. The minimum absolute atomic E-state index is 0.0567. The van der Waals surface area contributed by atoms with Crippen LogP contribution in [0.25, 0.3) is 0 Å². The number of nitrogens with zero attached hydrogens (tertiary/aromatic N) is 1. The average molecular weight is 743 g/mol. The third-order valence-electron chi connectivity index (χ3n) is 6.98. The van der Waals surface area contributed by atoms with E-state index >= 15 is 4.39 Å². The average Bonchev–Trinajstić information content (AvgIpc) is 3.55. The van der Waals surface area contributed by atoms with Gasteiger partial charge in [-0.2, -0.15) is 13.2 Å². The van der Waals surface area contributed by atoms with Crippen LogP contribution >= 0.6 is 34.8 Å². The summed E-state index contributed by atoms with van der Waals surface area (Å²) in [5, 5.41) is 4.43. The Balaban J connectivity index is 1.56. The standard InChI is InChI=1S/C31H25Cl3F7N3O4/c1-29(2,3)48-28(47)44(11-10-35)25-20(37)8-9-21(24(25)38)43-26(45)16-13-15(5-6-18(16)32)42-27(46)23-22(30(23,33)34)14-4-7-19(36)17(12-14)31(39,40)41/h4-9,12-13,22-23H,10-11H2,1-3H3,(H,42,46)(H,43,45)/t22-,23+/m0/s1. The lowest BCUT2D eigenvalue weighted by molar-refractivity contribution is -0.140. The smallest absolute Gasteiger partial charge is 0.419 e. The summed E-state index contributed by atoms with van der Waals surface area (Å²) in [6.45, 7) is 2.52. The summed E-state index contributed by atoms with van der Waals surface area (Å²) >= 11 is 18.6. The third kappa shape index (κ3) is 7.92. The summed E-state index contributed by atoms with van der Waals surface area (Å²) in [5.41, 5.74) is -4.78. The third-order valence-corrected chi connectivity index (χ3v) is 8.25. The number of benzene rings is 3. The number of amides is 3. The van der Waals surface area contributed by atoms with Crippen molar-refractivity contribution in [2.24, 2.45) is 5.92 Å². The first kappa shape index (κ1) is 37.1. The fourth-order valence-corrected chi connectivity index (χ4v) is 5.82. The summed E-state index contributed by atoms with van der Waals surface area (Å²) < 4.78 is 100. The van der Waals surface area contributed by atoms with Crippen molar-refractivity contribution in [1.82, 2.24) is 0 Å². The van der Waals surface area contributed by atoms with E-state index in [0.29, 0.717) is 17.0 Å². The molecular formula is C31H25Cl3F7N3O4. The van der Waals surface area contributed by atoms with Crippen LogP contribution < -0.4 is 15.5 Å². The van der Waals surface area contributed by atoms with Crippen molar-refractivity contribution in [1.29, 1.82) is 0 Å². The van der Waals surface area contributed by atoms with Gasteiger partial charge in [0.15, 0.2) is 5.82 Å². The Morgan fingerprint density at radius 3 is 2.19 bits per heavy atom. The van der Waals surface area contributed by atoms with Gasteiger partial charge in [0, 0.05) is 11.6 Å². The van der Waals surface area contributed by atoms with Crippen molar-refractivity contribution in [2.75, 3.05) is 28.8 Å². The zero-order valence-electron chi connectivity index (χ0n) is 25.0. The van der Waals surface area contributed by atoms with Crippen molar-refractivity contribution in [3.8, 4) is 0 Å². The highest BCUT2D eigenvalue weighted by Gasteiger charge is 2.67. The zero-order chi connectivity index (χ0) is 35.9. The molecule has 2 atom stereocenters. The quantitative estimate of drug-likeness (QED) is 0.178. The molecule has 0 unspecified atom stereocenters. The SMILES string of the molecule is CC(C)(C)OC(=O)N(CCF)c1c(F)ccc(NC(=O)c2cc(NC(=O)[C@H]3[C@H](c4ccc(F)c(C(F)(F)F)c4)C3(Cl)Cl)ccc2Cl)c1F. The van der Waals surface area contributed by atoms with Crippen LogP contribution in [-0.2, 0) is 15.7 Å². The van der Waals surface area contributed by atoms with E-state index in [2.05, 4.69) is 10.6 Å². The van der Waals surface area contributed by atoms with Crippen LogP contribution in [0.3, 0.4) is 0 Å². The second kappa shape index (κ2) is 13.6. The molecule has 0 radical (unpaired) electrons. The van der Waals surface area contributed by atoms with Gasteiger partial charge in [0.1, 0.15) is 33.9 Å². The molecule has 3 amide bonds. The summed E-state index contributed by atoms with van der Waals surface area (Å²) in [4.78, 5) is 39.3. The Morgan fingerprint density at radius 2 is 1.58 bits per heavy atom. The van der Waals surface area contributed by atoms with Gasteiger partial charge in [-0.1, -0.05) is 17.7 Å². The first-order chi connectivity index (χ1) is 22.2. The van der Waals surface area contributed by atoms with Gasteiger partial charge < -0.3 is 15.4 Å². The fraction of sp³-hybridized carbons (Fsp3) is 0.323. The number of nitrogens with one attached hydrogen (secondary N) is 2. The number of halogens is 10. The predicted molar refractivity (Wildman–Crippen MR) is 166 cm³/mol. The summed E-state index contributed by atoms with van der Waals surface area (Å²) in [5.74, 6) is -8.56. The molecule has 17 heteroatoms. The minimum Gasteiger partial charge on any atom is -0.443 e. The number of carbonyl (C=O) groups is 3. The molecule has 258 valence electrons. The van der Waals surface area contributed by atoms with Crippen molar-refractivity contribution >= 4 is 69.8 Å². The van der Waals surface area contributed by atoms with Gasteiger partial charge in [0.2, 0.25) is 5.91 Å². The highest BCUT2D eigenvalue weighted by Crippen LogP contribution is 2.65. The molecule has 4 rings (SSSR count). The lowest BCUT2D eigenvalue weighted by Crippen LogP contribution is -2.39. The van der Waals surface area contributed by atoms with Gasteiger partial charge in [-0.05, 0) is 68.8 Å². The maximum Gasteiger partial charge on any atom is 0.419 e. The molecule has 3 aromatic rings. The first-order valence-electron chi connectivity index (χ1n) is 13.9. The lowest BCUT2D eigenvalue weighted by atomic mass is 10.0. The molecule has 0 aliphatic heterocycles. The second-order valence-corrected chi connectivity index (χ2v) is 13.4. The molecule has 0 heterocycles. The van der Waals surface area contributed by atoms with Crippen LogP contribution in [-0.4, -0.2) is 41.1 Å². The molecule has 3 aromatic carbocycles. The molecule has 7 nitrogen and oxygen atoms in total. The van der Waals surface area contributed by atoms with Crippen molar-refractivity contribution in [3.05, 3.63) is 87.7 Å². The number of rotatable bonds is 8. The topological polar surface area (TPSA) is 87.7 Å². The Labute approximate surface area is 284 Å². The van der Waals surface area contributed by atoms with E-state index in [9.17, 15) is 40.7 Å². The second-order valence-electron chi connectivity index (χ2n) is 11.6. The summed E-state index contributed by atoms with van der Waals surface area (Å²) in [6.07, 6.45) is -6.26. The minimum atomic E-state index is -5.02. The zero-order valence-corrected chi connectivity index (χ0v) is 27.3. The van der Waals surface area contributed by atoms with E-state index in [-0.39, 0.29) is 21.8 Å². The van der Waals surface area contributed by atoms with E-state index in [0.717, 1.165) is 24.3 Å². The maximum atomic E-state index is 15.6. The van der Waals surface area contributed by atoms with E-state index in [1.807, 2.05) is 0 Å². The first-order valence-corrected chi connectivity index (χ1v) is 15.0. The van der Waals surface area contributed by atoms with E-state index in [4.69, 9.17) is 39.5 Å². The molecule has 1 aliphatic rings. The number of carbonyl (C=O) groups excluding carboxylic acids is 3. The number of hydrogen-bond acceptors (Lipinski definition) is 4. The van der Waals surface area contributed by atoms with Gasteiger partial charge >= 0.3 is 12.3 Å². The Bertz CT molecular complexity index is 1770. The van der Waals surface area contributed by atoms with Gasteiger partial charge in [0.05, 0.1) is 34.3 Å². The van der Waals surface area contributed by atoms with Gasteiger partial charge in [-0.15, -0.1) is 23.2 Å². The largest absolute Gasteiger partial charge is 0.443 e. The van der Waals surface area contributed by atoms with Gasteiger partial charge in [-0.25, -0.2) is 22.4 Å². The predicted octanol–water partition coefficient (Wildman–Crippen LogP) is 9.27. The van der Waals surface area contributed by atoms with Gasteiger partial charge in [-0.3, -0.25) is 14.5 Å². The molecule has 0 aromatic heterocycles. The maximum absolute atomic E-state index is 15.6. The number of anilines is 3. The highest BCUT2D eigenvalue weighted by molar-refractivity contribution is 6.53. The lowest BCUT2D eigenvalue weighted by Gasteiger charge is -2.27.